The van der Waals surface area contributed by atoms with Crippen LogP contribution in [0.3, 0.4) is 0 Å². The number of hydrogen-bond donors (Lipinski definition) is 0. The first-order valence-electron chi connectivity index (χ1n) is 8.44. The first-order valence-corrected chi connectivity index (χ1v) is 9.42. The predicted octanol–water partition coefficient (Wildman–Crippen LogP) is 2.01. The molecule has 0 saturated carbocycles. The van der Waals surface area contributed by atoms with Crippen molar-refractivity contribution in [3.63, 3.8) is 0 Å². The van der Waals surface area contributed by atoms with Crippen molar-refractivity contribution in [3.05, 3.63) is 18.2 Å². The van der Waals surface area contributed by atoms with Gasteiger partial charge in [0.1, 0.15) is 13.2 Å². The smallest absolute Gasteiger partial charge is 0.214 e. The van der Waals surface area contributed by atoms with Crippen LogP contribution in [0.1, 0.15) is 19.3 Å². The van der Waals surface area contributed by atoms with Gasteiger partial charge in [0.2, 0.25) is 5.16 Å². The molecule has 24 heavy (non-hydrogen) atoms. The summed E-state index contributed by atoms with van der Waals surface area (Å²) in [6, 6.07) is 5.80. The van der Waals surface area contributed by atoms with Gasteiger partial charge in [0.25, 0.3) is 0 Å². The largest absolute Gasteiger partial charge is 0.486 e. The Kier molecular flexibility index (Phi) is 4.84. The summed E-state index contributed by atoms with van der Waals surface area (Å²) in [5.41, 5.74) is 0.893. The first kappa shape index (κ1) is 15.7. The molecule has 2 aliphatic rings. The Hall–Kier alpha value is -1.80. The molecule has 8 heteroatoms. The van der Waals surface area contributed by atoms with Gasteiger partial charge in [-0.05, 0) is 48.5 Å². The van der Waals surface area contributed by atoms with E-state index < -0.39 is 0 Å². The standard InChI is InChI=1S/C16H21N5O2S/c1-2-6-20(7-3-1)8-11-24-16-17-18-19-21(16)13-4-5-14-15(12-13)23-10-9-22-14/h4-5,12H,1-3,6-11H2. The highest BCUT2D eigenvalue weighted by Crippen LogP contribution is 2.32. The van der Waals surface area contributed by atoms with E-state index in [1.807, 2.05) is 18.2 Å². The van der Waals surface area contributed by atoms with Crippen molar-refractivity contribution in [3.8, 4) is 17.2 Å². The van der Waals surface area contributed by atoms with Crippen LogP contribution in [-0.4, -0.2) is 63.7 Å². The summed E-state index contributed by atoms with van der Waals surface area (Å²) < 4.78 is 13.0. The van der Waals surface area contributed by atoms with Gasteiger partial charge in [0.15, 0.2) is 11.5 Å². The summed E-state index contributed by atoms with van der Waals surface area (Å²) in [5.74, 6) is 2.51. The molecule has 0 unspecified atom stereocenters. The quantitative estimate of drug-likeness (QED) is 0.767. The fourth-order valence-corrected chi connectivity index (χ4v) is 3.93. The Morgan fingerprint density at radius 1 is 1.04 bits per heavy atom. The van der Waals surface area contributed by atoms with E-state index in [1.165, 1.54) is 32.4 Å². The third-order valence-electron chi connectivity index (χ3n) is 4.30. The number of piperidine rings is 1. The molecule has 2 aromatic rings. The minimum absolute atomic E-state index is 0.573. The number of thioether (sulfide) groups is 1. The van der Waals surface area contributed by atoms with Crippen molar-refractivity contribution in [1.82, 2.24) is 25.1 Å². The normalized spacial score (nSPS) is 17.8. The van der Waals surface area contributed by atoms with Crippen molar-refractivity contribution in [2.45, 2.75) is 24.4 Å². The molecule has 1 aromatic carbocycles. The molecule has 7 nitrogen and oxygen atoms in total. The van der Waals surface area contributed by atoms with Crippen molar-refractivity contribution in [2.24, 2.45) is 0 Å². The van der Waals surface area contributed by atoms with E-state index in [1.54, 1.807) is 16.4 Å². The summed E-state index contributed by atoms with van der Waals surface area (Å²) in [6.07, 6.45) is 4.01. The van der Waals surface area contributed by atoms with E-state index in [0.29, 0.717) is 13.2 Å². The number of tetrazole rings is 1. The molecule has 128 valence electrons. The lowest BCUT2D eigenvalue weighted by molar-refractivity contribution is 0.171. The zero-order chi connectivity index (χ0) is 16.2. The third-order valence-corrected chi connectivity index (χ3v) is 5.20. The molecule has 1 aromatic heterocycles. The Morgan fingerprint density at radius 3 is 2.75 bits per heavy atom. The number of fused-ring (bicyclic) bond motifs is 1. The zero-order valence-electron chi connectivity index (χ0n) is 13.6. The number of likely N-dealkylation sites (tertiary alicyclic amines) is 1. The third kappa shape index (κ3) is 3.49. The molecule has 0 aliphatic carbocycles. The van der Waals surface area contributed by atoms with Crippen LogP contribution in [-0.2, 0) is 0 Å². The van der Waals surface area contributed by atoms with Gasteiger partial charge >= 0.3 is 0 Å². The van der Waals surface area contributed by atoms with E-state index in [-0.39, 0.29) is 0 Å². The summed E-state index contributed by atoms with van der Waals surface area (Å²) in [7, 11) is 0. The van der Waals surface area contributed by atoms with E-state index in [2.05, 4.69) is 20.4 Å². The molecule has 3 heterocycles. The molecule has 1 fully saturated rings. The molecule has 1 saturated heterocycles. The Balaban J connectivity index is 1.42. The maximum absolute atomic E-state index is 5.64. The van der Waals surface area contributed by atoms with Crippen molar-refractivity contribution in [2.75, 3.05) is 38.6 Å². The van der Waals surface area contributed by atoms with Crippen molar-refractivity contribution < 1.29 is 9.47 Å². The molecular weight excluding hydrogens is 326 g/mol. The van der Waals surface area contributed by atoms with Crippen molar-refractivity contribution in [1.29, 1.82) is 0 Å². The number of hydrogen-bond acceptors (Lipinski definition) is 7. The van der Waals surface area contributed by atoms with E-state index >= 15 is 0 Å². The molecule has 0 N–H and O–H groups in total. The van der Waals surface area contributed by atoms with Gasteiger partial charge in [-0.25, -0.2) is 0 Å². The number of nitrogens with zero attached hydrogens (tertiary/aromatic N) is 5. The monoisotopic (exact) mass is 347 g/mol. The summed E-state index contributed by atoms with van der Waals surface area (Å²) in [4.78, 5) is 2.52. The Labute approximate surface area is 145 Å². The Morgan fingerprint density at radius 2 is 1.88 bits per heavy atom. The SMILES string of the molecule is c1cc2c(cc1-n1nnnc1SCCN1CCCCC1)OCCO2. The molecule has 0 spiro atoms. The average Bonchev–Trinajstić information content (AvgIpc) is 3.11. The summed E-state index contributed by atoms with van der Waals surface area (Å²) in [6.45, 7) is 4.68. The lowest BCUT2D eigenvalue weighted by Gasteiger charge is -2.25. The lowest BCUT2D eigenvalue weighted by Crippen LogP contribution is -2.31. The van der Waals surface area contributed by atoms with Gasteiger partial charge in [0.05, 0.1) is 5.69 Å². The van der Waals surface area contributed by atoms with Crippen LogP contribution in [0.25, 0.3) is 5.69 Å². The van der Waals surface area contributed by atoms with Gasteiger partial charge in [-0.15, -0.1) is 5.10 Å². The molecule has 0 atom stereocenters. The predicted molar refractivity (Wildman–Crippen MR) is 91.2 cm³/mol. The van der Waals surface area contributed by atoms with Gasteiger partial charge in [-0.3, -0.25) is 0 Å². The second-order valence-electron chi connectivity index (χ2n) is 5.95. The lowest BCUT2D eigenvalue weighted by atomic mass is 10.1. The van der Waals surface area contributed by atoms with Gasteiger partial charge < -0.3 is 14.4 Å². The van der Waals surface area contributed by atoms with E-state index in [9.17, 15) is 0 Å². The maximum Gasteiger partial charge on any atom is 0.214 e. The minimum atomic E-state index is 0.573. The van der Waals surface area contributed by atoms with Crippen LogP contribution in [0.5, 0.6) is 11.5 Å². The zero-order valence-corrected chi connectivity index (χ0v) is 14.4. The minimum Gasteiger partial charge on any atom is -0.486 e. The van der Waals surface area contributed by atoms with Crippen LogP contribution in [0.2, 0.25) is 0 Å². The molecule has 4 rings (SSSR count). The second kappa shape index (κ2) is 7.40. The van der Waals surface area contributed by atoms with Crippen LogP contribution in [0, 0.1) is 0 Å². The second-order valence-corrected chi connectivity index (χ2v) is 7.01. The highest BCUT2D eigenvalue weighted by molar-refractivity contribution is 7.99. The van der Waals surface area contributed by atoms with Crippen LogP contribution < -0.4 is 9.47 Å². The van der Waals surface area contributed by atoms with E-state index in [0.717, 1.165) is 34.6 Å². The first-order chi connectivity index (χ1) is 11.9. The summed E-state index contributed by atoms with van der Waals surface area (Å²) in [5, 5.41) is 12.9. The molecule has 2 aliphatic heterocycles. The maximum atomic E-state index is 5.64. The molecule has 0 bridgehead atoms. The van der Waals surface area contributed by atoms with Gasteiger partial charge in [-0.2, -0.15) is 4.68 Å². The summed E-state index contributed by atoms with van der Waals surface area (Å²) >= 11 is 1.69. The van der Waals surface area contributed by atoms with Crippen molar-refractivity contribution >= 4 is 11.8 Å². The molecule has 0 radical (unpaired) electrons. The van der Waals surface area contributed by atoms with Crippen LogP contribution >= 0.6 is 11.8 Å². The fraction of sp³-hybridized carbons (Fsp3) is 0.562. The topological polar surface area (TPSA) is 65.3 Å². The number of aromatic nitrogens is 4. The highest BCUT2D eigenvalue weighted by atomic mass is 32.2. The van der Waals surface area contributed by atoms with Gasteiger partial charge in [-0.1, -0.05) is 18.2 Å². The fourth-order valence-electron chi connectivity index (χ4n) is 3.04. The Bertz CT molecular complexity index is 687. The van der Waals surface area contributed by atoms with Crippen LogP contribution in [0.4, 0.5) is 0 Å². The number of benzene rings is 1. The number of ether oxygens (including phenoxy) is 2. The van der Waals surface area contributed by atoms with E-state index in [4.69, 9.17) is 9.47 Å². The number of rotatable bonds is 5. The molecular formula is C16H21N5O2S. The molecule has 0 amide bonds. The van der Waals surface area contributed by atoms with Gasteiger partial charge in [0, 0.05) is 18.4 Å². The van der Waals surface area contributed by atoms with Crippen LogP contribution in [0.15, 0.2) is 23.4 Å². The highest BCUT2D eigenvalue weighted by Gasteiger charge is 2.16. The average molecular weight is 347 g/mol.